The molecule has 2 aliphatic rings. The lowest BCUT2D eigenvalue weighted by atomic mass is 10.0. The van der Waals surface area contributed by atoms with Gasteiger partial charge in [0.2, 0.25) is 21.8 Å². The van der Waals surface area contributed by atoms with Crippen LogP contribution in [0, 0.1) is 5.92 Å². The summed E-state index contributed by atoms with van der Waals surface area (Å²) in [6, 6.07) is 6.01. The van der Waals surface area contributed by atoms with E-state index in [0.717, 1.165) is 17.7 Å². The van der Waals surface area contributed by atoms with Crippen molar-refractivity contribution in [2.75, 3.05) is 18.0 Å². The van der Waals surface area contributed by atoms with E-state index in [1.165, 1.54) is 28.6 Å². The molecule has 0 spiro atoms. The van der Waals surface area contributed by atoms with Crippen molar-refractivity contribution in [1.29, 1.82) is 0 Å². The first-order valence-electron chi connectivity index (χ1n) is 7.85. The fourth-order valence-electron chi connectivity index (χ4n) is 3.15. The molecule has 3 rings (SSSR count). The highest BCUT2D eigenvalue weighted by atomic mass is 32.2. The number of sulfonamides is 1. The highest BCUT2D eigenvalue weighted by Crippen LogP contribution is 2.27. The first-order valence-corrected chi connectivity index (χ1v) is 9.29. The van der Waals surface area contributed by atoms with Crippen LogP contribution < -0.4 is 4.90 Å². The fourth-order valence-corrected chi connectivity index (χ4v) is 4.74. The SMILES string of the molecule is C[C@@H]1CCCN(S(=O)(=O)c2ccc(N3C(=O)CCC3=O)cc2)C1. The molecule has 2 fully saturated rings. The number of amides is 2. The van der Waals surface area contributed by atoms with Crippen molar-refractivity contribution < 1.29 is 18.0 Å². The van der Waals surface area contributed by atoms with E-state index in [0.29, 0.717) is 24.7 Å². The van der Waals surface area contributed by atoms with Gasteiger partial charge in [-0.05, 0) is 43.0 Å². The van der Waals surface area contributed by atoms with Crippen LogP contribution in [0.15, 0.2) is 29.2 Å². The molecule has 23 heavy (non-hydrogen) atoms. The summed E-state index contributed by atoms with van der Waals surface area (Å²) >= 11 is 0. The molecule has 124 valence electrons. The van der Waals surface area contributed by atoms with Gasteiger partial charge >= 0.3 is 0 Å². The second kappa shape index (κ2) is 6.05. The quantitative estimate of drug-likeness (QED) is 0.788. The Morgan fingerprint density at radius 2 is 1.65 bits per heavy atom. The van der Waals surface area contributed by atoms with E-state index in [-0.39, 0.29) is 29.6 Å². The van der Waals surface area contributed by atoms with Crippen molar-refractivity contribution in [2.45, 2.75) is 37.5 Å². The molecule has 2 aliphatic heterocycles. The number of imide groups is 1. The molecule has 7 heteroatoms. The van der Waals surface area contributed by atoms with Gasteiger partial charge in [0, 0.05) is 25.9 Å². The van der Waals surface area contributed by atoms with Gasteiger partial charge < -0.3 is 0 Å². The van der Waals surface area contributed by atoms with E-state index in [2.05, 4.69) is 6.92 Å². The predicted octanol–water partition coefficient (Wildman–Crippen LogP) is 1.76. The summed E-state index contributed by atoms with van der Waals surface area (Å²) in [5.41, 5.74) is 0.434. The molecule has 0 N–H and O–H groups in total. The highest BCUT2D eigenvalue weighted by molar-refractivity contribution is 7.89. The molecule has 6 nitrogen and oxygen atoms in total. The Morgan fingerprint density at radius 3 is 2.22 bits per heavy atom. The van der Waals surface area contributed by atoms with E-state index < -0.39 is 10.0 Å². The molecule has 1 aromatic rings. The van der Waals surface area contributed by atoms with Crippen molar-refractivity contribution >= 4 is 27.5 Å². The molecule has 2 amide bonds. The number of hydrogen-bond acceptors (Lipinski definition) is 4. The maximum Gasteiger partial charge on any atom is 0.243 e. The minimum absolute atomic E-state index is 0.203. The van der Waals surface area contributed by atoms with Gasteiger partial charge in [0.05, 0.1) is 10.6 Å². The number of piperidine rings is 1. The molecule has 0 aliphatic carbocycles. The summed E-state index contributed by atoms with van der Waals surface area (Å²) in [7, 11) is -3.52. The summed E-state index contributed by atoms with van der Waals surface area (Å²) in [6.45, 7) is 3.13. The van der Waals surface area contributed by atoms with Crippen molar-refractivity contribution in [2.24, 2.45) is 5.92 Å². The molecule has 1 atom stereocenters. The van der Waals surface area contributed by atoms with Crippen LogP contribution in [-0.2, 0) is 19.6 Å². The zero-order chi connectivity index (χ0) is 16.6. The molecule has 0 bridgehead atoms. The van der Waals surface area contributed by atoms with Gasteiger partial charge in [-0.25, -0.2) is 8.42 Å². The van der Waals surface area contributed by atoms with E-state index in [1.54, 1.807) is 0 Å². The van der Waals surface area contributed by atoms with Gasteiger partial charge in [0.25, 0.3) is 0 Å². The van der Waals surface area contributed by atoms with Crippen molar-refractivity contribution in [3.05, 3.63) is 24.3 Å². The topological polar surface area (TPSA) is 74.8 Å². The third-order valence-corrected chi connectivity index (χ3v) is 6.28. The third-order valence-electron chi connectivity index (χ3n) is 4.40. The van der Waals surface area contributed by atoms with Crippen LogP contribution in [0.4, 0.5) is 5.69 Å². The number of hydrogen-bond donors (Lipinski definition) is 0. The standard InChI is InChI=1S/C16H20N2O4S/c1-12-3-2-10-17(11-12)23(21,22)14-6-4-13(5-7-14)18-15(19)8-9-16(18)20/h4-7,12H,2-3,8-11H2,1H3/t12-/m1/s1. The number of rotatable bonds is 3. The maximum atomic E-state index is 12.7. The zero-order valence-electron chi connectivity index (χ0n) is 13.1. The average Bonchev–Trinajstić information content (AvgIpc) is 2.86. The number of nitrogens with zero attached hydrogens (tertiary/aromatic N) is 2. The van der Waals surface area contributed by atoms with Gasteiger partial charge in [0.1, 0.15) is 0 Å². The number of carbonyl (C=O) groups excluding carboxylic acids is 2. The number of benzene rings is 1. The lowest BCUT2D eigenvalue weighted by Crippen LogP contribution is -2.39. The Balaban J connectivity index is 1.84. The van der Waals surface area contributed by atoms with Gasteiger partial charge in [-0.1, -0.05) is 6.92 Å². The predicted molar refractivity (Wildman–Crippen MR) is 85.3 cm³/mol. The normalized spacial score (nSPS) is 23.5. The summed E-state index contributed by atoms with van der Waals surface area (Å²) in [5, 5.41) is 0. The molecular formula is C16H20N2O4S. The van der Waals surface area contributed by atoms with Crippen LogP contribution in [0.3, 0.4) is 0 Å². The monoisotopic (exact) mass is 336 g/mol. The lowest BCUT2D eigenvalue weighted by molar-refractivity contribution is -0.121. The van der Waals surface area contributed by atoms with Crippen LogP contribution in [0.5, 0.6) is 0 Å². The third kappa shape index (κ3) is 3.03. The molecule has 2 saturated heterocycles. The molecule has 0 radical (unpaired) electrons. The fraction of sp³-hybridized carbons (Fsp3) is 0.500. The Kier molecular flexibility index (Phi) is 4.25. The summed E-state index contributed by atoms with van der Waals surface area (Å²) in [4.78, 5) is 24.8. The van der Waals surface area contributed by atoms with Crippen LogP contribution in [0.25, 0.3) is 0 Å². The summed E-state index contributed by atoms with van der Waals surface area (Å²) < 4.78 is 26.9. The number of carbonyl (C=O) groups is 2. The minimum atomic E-state index is -3.52. The van der Waals surface area contributed by atoms with E-state index in [4.69, 9.17) is 0 Å². The van der Waals surface area contributed by atoms with Crippen molar-refractivity contribution in [3.63, 3.8) is 0 Å². The Bertz CT molecular complexity index is 711. The molecule has 0 unspecified atom stereocenters. The zero-order valence-corrected chi connectivity index (χ0v) is 13.9. The van der Waals surface area contributed by atoms with Crippen LogP contribution in [-0.4, -0.2) is 37.6 Å². The van der Waals surface area contributed by atoms with Gasteiger partial charge in [0.15, 0.2) is 0 Å². The number of anilines is 1. The van der Waals surface area contributed by atoms with Crippen LogP contribution in [0.2, 0.25) is 0 Å². The summed E-state index contributed by atoms with van der Waals surface area (Å²) in [6.07, 6.45) is 2.34. The van der Waals surface area contributed by atoms with Crippen LogP contribution >= 0.6 is 0 Å². The Labute approximate surface area is 136 Å². The Hall–Kier alpha value is -1.73. The lowest BCUT2D eigenvalue weighted by Gasteiger charge is -2.30. The molecule has 2 heterocycles. The molecule has 0 aromatic heterocycles. The highest BCUT2D eigenvalue weighted by Gasteiger charge is 2.32. The minimum Gasteiger partial charge on any atom is -0.274 e. The van der Waals surface area contributed by atoms with Gasteiger partial charge in [-0.2, -0.15) is 4.31 Å². The largest absolute Gasteiger partial charge is 0.274 e. The van der Waals surface area contributed by atoms with E-state index in [1.807, 2.05) is 0 Å². The maximum absolute atomic E-state index is 12.7. The Morgan fingerprint density at radius 1 is 1.04 bits per heavy atom. The second-order valence-corrected chi connectivity index (χ2v) is 8.17. The van der Waals surface area contributed by atoms with Crippen molar-refractivity contribution in [3.8, 4) is 0 Å². The van der Waals surface area contributed by atoms with Crippen LogP contribution in [0.1, 0.15) is 32.6 Å². The summed E-state index contributed by atoms with van der Waals surface area (Å²) in [5.74, 6) is -0.122. The van der Waals surface area contributed by atoms with Gasteiger partial charge in [-0.15, -0.1) is 0 Å². The van der Waals surface area contributed by atoms with E-state index in [9.17, 15) is 18.0 Å². The van der Waals surface area contributed by atoms with Crippen molar-refractivity contribution in [1.82, 2.24) is 4.31 Å². The molecular weight excluding hydrogens is 316 g/mol. The average molecular weight is 336 g/mol. The first kappa shape index (κ1) is 16.1. The molecule has 1 aromatic carbocycles. The molecule has 0 saturated carbocycles. The second-order valence-electron chi connectivity index (χ2n) is 6.23. The first-order chi connectivity index (χ1) is 10.9. The van der Waals surface area contributed by atoms with E-state index >= 15 is 0 Å². The van der Waals surface area contributed by atoms with Gasteiger partial charge in [-0.3, -0.25) is 14.5 Å². The smallest absolute Gasteiger partial charge is 0.243 e.